The van der Waals surface area contributed by atoms with Crippen molar-refractivity contribution in [2.24, 2.45) is 0 Å². The minimum Gasteiger partial charge on any atom is -0.394 e. The number of rotatable bonds is 32. The number of amides is 1. The molecule has 61 heavy (non-hydrogen) atoms. The van der Waals surface area contributed by atoms with Crippen LogP contribution < -0.4 is 5.32 Å². The Balaban J connectivity index is 1.81. The monoisotopic (exact) mass is 866 g/mol. The molecule has 12 unspecified atom stereocenters. The molecule has 0 aliphatic carbocycles. The summed E-state index contributed by atoms with van der Waals surface area (Å²) in [6, 6.07) is -0.852. The van der Waals surface area contributed by atoms with Gasteiger partial charge in [0.2, 0.25) is 5.91 Å². The van der Waals surface area contributed by atoms with Crippen molar-refractivity contribution in [2.75, 3.05) is 19.8 Å². The third-order valence-electron chi connectivity index (χ3n) is 10.7. The molecule has 2 saturated heterocycles. The summed E-state index contributed by atoms with van der Waals surface area (Å²) in [7, 11) is 0. The van der Waals surface area contributed by atoms with E-state index in [1.54, 1.807) is 0 Å². The fourth-order valence-corrected chi connectivity index (χ4v) is 6.94. The van der Waals surface area contributed by atoms with Gasteiger partial charge in [-0.1, -0.05) is 125 Å². The first kappa shape index (κ1) is 54.6. The van der Waals surface area contributed by atoms with E-state index in [1.165, 1.54) is 0 Å². The number of hydrogen-bond acceptors (Lipinski definition) is 13. The number of aliphatic hydroxyl groups excluding tert-OH is 8. The summed E-state index contributed by atoms with van der Waals surface area (Å²) in [5.74, 6) is -0.260. The number of nitrogens with one attached hydrogen (secondary N) is 1. The first-order chi connectivity index (χ1) is 29.6. The third kappa shape index (κ3) is 22.1. The summed E-state index contributed by atoms with van der Waals surface area (Å²) in [4.78, 5) is 13.0. The average Bonchev–Trinajstić information content (AvgIpc) is 3.26. The number of unbranched alkanes of at least 4 members (excludes halogenated alkanes) is 7. The number of hydrogen-bond donors (Lipinski definition) is 9. The smallest absolute Gasteiger partial charge is 0.220 e. The van der Waals surface area contributed by atoms with E-state index in [0.29, 0.717) is 12.8 Å². The minimum absolute atomic E-state index is 0.244. The van der Waals surface area contributed by atoms with Crippen LogP contribution in [0.2, 0.25) is 0 Å². The molecule has 2 rings (SSSR count). The molecular weight excluding hydrogens is 787 g/mol. The number of ether oxygens (including phenoxy) is 4. The highest BCUT2D eigenvalue weighted by atomic mass is 16.7. The number of carbonyl (C=O) groups excluding carboxylic acids is 1. The molecular formula is C47H79NO13. The molecule has 14 nitrogen and oxygen atoms in total. The molecule has 0 bridgehead atoms. The van der Waals surface area contributed by atoms with E-state index in [4.69, 9.17) is 18.9 Å². The van der Waals surface area contributed by atoms with Crippen LogP contribution in [-0.4, -0.2) is 140 Å². The maximum absolute atomic E-state index is 13.0. The van der Waals surface area contributed by atoms with Gasteiger partial charge >= 0.3 is 0 Å². The van der Waals surface area contributed by atoms with Crippen molar-refractivity contribution in [1.29, 1.82) is 0 Å². The molecule has 350 valence electrons. The van der Waals surface area contributed by atoms with E-state index in [1.807, 2.05) is 0 Å². The Hall–Kier alpha value is -2.57. The maximum atomic E-state index is 13.0. The van der Waals surface area contributed by atoms with E-state index in [-0.39, 0.29) is 18.9 Å². The van der Waals surface area contributed by atoms with Crippen LogP contribution in [0.4, 0.5) is 0 Å². The number of carbonyl (C=O) groups is 1. The van der Waals surface area contributed by atoms with Gasteiger partial charge < -0.3 is 65.1 Å². The van der Waals surface area contributed by atoms with Crippen molar-refractivity contribution in [3.8, 4) is 0 Å². The van der Waals surface area contributed by atoms with Gasteiger partial charge in [-0.2, -0.15) is 0 Å². The molecule has 2 fully saturated rings. The van der Waals surface area contributed by atoms with Gasteiger partial charge in [0.15, 0.2) is 12.6 Å². The highest BCUT2D eigenvalue weighted by Gasteiger charge is 2.51. The molecule has 0 aromatic carbocycles. The lowest BCUT2D eigenvalue weighted by molar-refractivity contribution is -0.359. The second-order valence-electron chi connectivity index (χ2n) is 15.8. The van der Waals surface area contributed by atoms with Crippen molar-refractivity contribution in [3.05, 3.63) is 72.9 Å². The summed E-state index contributed by atoms with van der Waals surface area (Å²) in [6.07, 6.45) is 23.9. The van der Waals surface area contributed by atoms with Gasteiger partial charge in [0, 0.05) is 6.42 Å². The topological polar surface area (TPSA) is 228 Å². The Morgan fingerprint density at radius 2 is 1.13 bits per heavy atom. The van der Waals surface area contributed by atoms with Crippen LogP contribution in [0.25, 0.3) is 0 Å². The summed E-state index contributed by atoms with van der Waals surface area (Å²) >= 11 is 0. The molecule has 2 heterocycles. The second kappa shape index (κ2) is 33.9. The van der Waals surface area contributed by atoms with Crippen molar-refractivity contribution >= 4 is 5.91 Å². The Bertz CT molecular complexity index is 1300. The first-order valence-electron chi connectivity index (χ1n) is 22.7. The fraction of sp³-hybridized carbons (Fsp3) is 0.723. The Morgan fingerprint density at radius 1 is 0.607 bits per heavy atom. The van der Waals surface area contributed by atoms with Gasteiger partial charge in [0.1, 0.15) is 48.8 Å². The number of aliphatic hydroxyl groups is 8. The van der Waals surface area contributed by atoms with Crippen LogP contribution in [0.5, 0.6) is 0 Å². The largest absolute Gasteiger partial charge is 0.394 e. The zero-order valence-electron chi connectivity index (χ0n) is 36.6. The van der Waals surface area contributed by atoms with Crippen LogP contribution in [0, 0.1) is 0 Å². The zero-order chi connectivity index (χ0) is 44.7. The summed E-state index contributed by atoms with van der Waals surface area (Å²) in [5.41, 5.74) is 0. The van der Waals surface area contributed by atoms with Crippen molar-refractivity contribution in [3.63, 3.8) is 0 Å². The summed E-state index contributed by atoms with van der Waals surface area (Å²) in [6.45, 7) is 2.59. The molecule has 9 N–H and O–H groups in total. The Labute approximate surface area is 364 Å². The minimum atomic E-state index is -1.79. The van der Waals surface area contributed by atoms with Crippen molar-refractivity contribution in [2.45, 2.75) is 197 Å². The highest BCUT2D eigenvalue weighted by Crippen LogP contribution is 2.30. The van der Waals surface area contributed by atoms with Crippen LogP contribution in [-0.2, 0) is 23.7 Å². The summed E-state index contributed by atoms with van der Waals surface area (Å²) in [5, 5.41) is 86.2. The van der Waals surface area contributed by atoms with E-state index < -0.39 is 86.8 Å². The lowest BCUT2D eigenvalue weighted by Gasteiger charge is -2.46. The molecule has 0 spiro atoms. The molecule has 0 radical (unpaired) electrons. The van der Waals surface area contributed by atoms with Crippen molar-refractivity contribution in [1.82, 2.24) is 5.32 Å². The molecule has 12 atom stereocenters. The van der Waals surface area contributed by atoms with E-state index in [0.717, 1.165) is 89.9 Å². The molecule has 2 aliphatic heterocycles. The molecule has 0 saturated carbocycles. The first-order valence-corrected chi connectivity index (χ1v) is 22.7. The Kier molecular flexibility index (Phi) is 30.3. The average molecular weight is 866 g/mol. The normalized spacial score (nSPS) is 28.7. The van der Waals surface area contributed by atoms with Crippen LogP contribution in [0.3, 0.4) is 0 Å². The van der Waals surface area contributed by atoms with E-state index in [9.17, 15) is 45.6 Å². The van der Waals surface area contributed by atoms with Gasteiger partial charge in [0.05, 0.1) is 32.0 Å². The van der Waals surface area contributed by atoms with Gasteiger partial charge in [-0.25, -0.2) is 0 Å². The second-order valence-corrected chi connectivity index (χ2v) is 15.8. The quantitative estimate of drug-likeness (QED) is 0.0336. The standard InChI is InChI=1S/C47H79NO13/c1-3-5-7-9-11-12-13-14-15-16-17-18-19-20-21-22-23-24-25-27-29-31-39(52)48-35(36(51)30-28-26-10-8-6-4-2)34-58-46-44(57)42(55)45(38(33-50)60-46)61-47-43(56)41(54)40(53)37(32-49)59-47/h5,7,11-12,14-15,17-18,20-21,23-24,35-38,40-47,49-51,53-57H,3-4,6,8-10,13,16,19,22,25-34H2,1-2H3,(H,48,52)/b7-5-,12-11-,15-14-,18-17-,21-20-,24-23-. The van der Waals surface area contributed by atoms with Crippen LogP contribution in [0.15, 0.2) is 72.9 Å². The molecule has 0 aromatic rings. The van der Waals surface area contributed by atoms with Gasteiger partial charge in [-0.15, -0.1) is 0 Å². The van der Waals surface area contributed by atoms with E-state index >= 15 is 0 Å². The van der Waals surface area contributed by atoms with E-state index in [2.05, 4.69) is 92.1 Å². The molecule has 14 heteroatoms. The van der Waals surface area contributed by atoms with Gasteiger partial charge in [0.25, 0.3) is 0 Å². The van der Waals surface area contributed by atoms with Gasteiger partial charge in [-0.05, 0) is 64.2 Å². The van der Waals surface area contributed by atoms with Gasteiger partial charge in [-0.3, -0.25) is 4.79 Å². The Morgan fingerprint density at radius 3 is 1.70 bits per heavy atom. The molecule has 2 aliphatic rings. The van der Waals surface area contributed by atoms with Crippen LogP contribution in [0.1, 0.15) is 123 Å². The molecule has 1 amide bonds. The summed E-state index contributed by atoms with van der Waals surface area (Å²) < 4.78 is 22.6. The fourth-order valence-electron chi connectivity index (χ4n) is 6.94. The highest BCUT2D eigenvalue weighted by molar-refractivity contribution is 5.76. The lowest BCUT2D eigenvalue weighted by Crippen LogP contribution is -2.65. The zero-order valence-corrected chi connectivity index (χ0v) is 36.6. The molecule has 0 aromatic heterocycles. The van der Waals surface area contributed by atoms with Crippen LogP contribution >= 0.6 is 0 Å². The predicted molar refractivity (Wildman–Crippen MR) is 235 cm³/mol. The van der Waals surface area contributed by atoms with Crippen molar-refractivity contribution < 1.29 is 64.6 Å². The SMILES string of the molecule is CC/C=C\C/C=C\C/C=C\C/C=C\C/C=C\C/C=C\CCCCC(=O)NC(COC1OC(CO)C(OC2OC(CO)C(O)C(O)C2O)C(O)C1O)C(O)CCCCCCCC. The lowest BCUT2D eigenvalue weighted by atomic mass is 9.97. The maximum Gasteiger partial charge on any atom is 0.220 e. The predicted octanol–water partition coefficient (Wildman–Crippen LogP) is 4.48. The third-order valence-corrected chi connectivity index (χ3v) is 10.7. The number of allylic oxidation sites excluding steroid dienone is 12.